The Kier molecular flexibility index (Phi) is 7.22. The fraction of sp³-hybridized carbons (Fsp3) is 0.172. The number of imide groups is 1. The van der Waals surface area contributed by atoms with Gasteiger partial charge in [0.05, 0.1) is 23.7 Å². The molecule has 3 aromatic carbocycles. The highest BCUT2D eigenvalue weighted by Crippen LogP contribution is 2.54. The van der Waals surface area contributed by atoms with E-state index < -0.39 is 23.0 Å². The lowest BCUT2D eigenvalue weighted by Gasteiger charge is -2.30. The van der Waals surface area contributed by atoms with Crippen LogP contribution in [-0.4, -0.2) is 39.8 Å². The van der Waals surface area contributed by atoms with E-state index in [1.807, 2.05) is 0 Å². The molecule has 2 N–H and O–H groups in total. The minimum atomic E-state index is -0.803. The molecular weight excluding hydrogens is 630 g/mol. The highest BCUT2D eigenvalue weighted by atomic mass is 79.9. The molecule has 0 bridgehead atoms. The Morgan fingerprint density at radius 1 is 0.976 bits per heavy atom. The number of phenolic OH excluding ortho intramolecular Hbond substituents is 1. The van der Waals surface area contributed by atoms with Gasteiger partial charge in [-0.2, -0.15) is 0 Å². The third kappa shape index (κ3) is 4.96. The summed E-state index contributed by atoms with van der Waals surface area (Å²) in [6.07, 6.45) is 0. The minimum absolute atomic E-state index is 0.0574. The minimum Gasteiger partial charge on any atom is -0.508 e. The molecule has 12 heteroatoms. The van der Waals surface area contributed by atoms with Crippen LogP contribution in [0.15, 0.2) is 87.1 Å². The zero-order chi connectivity index (χ0) is 28.8. The molecule has 0 saturated carbocycles. The first-order valence-corrected chi connectivity index (χ1v) is 15.0. The summed E-state index contributed by atoms with van der Waals surface area (Å²) in [5.74, 6) is -1.83. The van der Waals surface area contributed by atoms with E-state index in [4.69, 9.17) is 4.74 Å². The van der Waals surface area contributed by atoms with E-state index in [0.717, 1.165) is 27.6 Å². The van der Waals surface area contributed by atoms with Crippen molar-refractivity contribution in [1.82, 2.24) is 4.57 Å². The third-order valence-electron chi connectivity index (χ3n) is 7.06. The number of ether oxygens (including phenoxy) is 1. The summed E-state index contributed by atoms with van der Waals surface area (Å²) in [4.78, 5) is 55.4. The topological polar surface area (TPSA) is 118 Å². The number of carbonyl (C=O) groups excluding carboxylic acids is 3. The smallest absolute Gasteiger partial charge is 0.308 e. The average molecular weight is 653 g/mol. The zero-order valence-electron chi connectivity index (χ0n) is 21.4. The van der Waals surface area contributed by atoms with Crippen LogP contribution in [0.25, 0.3) is 0 Å². The van der Waals surface area contributed by atoms with E-state index >= 15 is 0 Å². The van der Waals surface area contributed by atoms with E-state index in [2.05, 4.69) is 21.2 Å². The number of fused-ring (bicyclic) bond motifs is 2. The number of rotatable bonds is 6. The first-order chi connectivity index (χ1) is 19.7. The largest absolute Gasteiger partial charge is 0.508 e. The molecule has 3 unspecified atom stereocenters. The van der Waals surface area contributed by atoms with Gasteiger partial charge < -0.3 is 15.2 Å². The fourth-order valence-corrected chi connectivity index (χ4v) is 8.20. The molecule has 9 nitrogen and oxygen atoms in total. The lowest BCUT2D eigenvalue weighted by Crippen LogP contribution is -2.33. The van der Waals surface area contributed by atoms with Crippen molar-refractivity contribution in [3.63, 3.8) is 0 Å². The number of phenols is 1. The van der Waals surface area contributed by atoms with Crippen LogP contribution in [0.5, 0.6) is 11.5 Å². The van der Waals surface area contributed by atoms with Crippen molar-refractivity contribution in [3.05, 3.63) is 97.4 Å². The molecule has 1 fully saturated rings. The molecule has 4 aromatic rings. The van der Waals surface area contributed by atoms with Gasteiger partial charge in [0.1, 0.15) is 23.3 Å². The molecule has 3 heterocycles. The molecule has 0 spiro atoms. The lowest BCUT2D eigenvalue weighted by atomic mass is 9.83. The van der Waals surface area contributed by atoms with Crippen LogP contribution in [0, 0.1) is 5.92 Å². The Hall–Kier alpha value is -3.87. The Bertz CT molecular complexity index is 1720. The number of hydrogen-bond acceptors (Lipinski definition) is 8. The summed E-state index contributed by atoms with van der Waals surface area (Å²) >= 11 is 5.50. The van der Waals surface area contributed by atoms with Crippen LogP contribution in [0.3, 0.4) is 0 Å². The van der Waals surface area contributed by atoms with Gasteiger partial charge in [0.15, 0.2) is 0 Å². The summed E-state index contributed by atoms with van der Waals surface area (Å²) in [5, 5.41) is 12.4. The molecular formula is C29H22BrN3O6S2. The predicted octanol–water partition coefficient (Wildman–Crippen LogP) is 4.82. The van der Waals surface area contributed by atoms with Crippen LogP contribution in [0.4, 0.5) is 11.4 Å². The predicted molar refractivity (Wildman–Crippen MR) is 160 cm³/mol. The number of halogens is 1. The van der Waals surface area contributed by atoms with Gasteiger partial charge in [-0.05, 0) is 66.2 Å². The van der Waals surface area contributed by atoms with Crippen LogP contribution in [-0.2, 0) is 20.9 Å². The Balaban J connectivity index is 1.38. The first-order valence-electron chi connectivity index (χ1n) is 12.5. The number of hydrogen-bond donors (Lipinski definition) is 2. The van der Waals surface area contributed by atoms with Gasteiger partial charge in [-0.1, -0.05) is 51.2 Å². The number of methoxy groups -OCH3 is 1. The van der Waals surface area contributed by atoms with Gasteiger partial charge in [0.2, 0.25) is 17.7 Å². The van der Waals surface area contributed by atoms with Gasteiger partial charge in [-0.25, -0.2) is 4.90 Å². The van der Waals surface area contributed by atoms with Crippen molar-refractivity contribution in [2.24, 2.45) is 5.92 Å². The number of aromatic nitrogens is 1. The normalized spacial score (nSPS) is 19.6. The van der Waals surface area contributed by atoms with Gasteiger partial charge in [0.25, 0.3) is 0 Å². The number of aromatic hydroxyl groups is 1. The third-order valence-corrected chi connectivity index (χ3v) is 10.2. The number of nitrogens with one attached hydrogen (secondary N) is 1. The highest BCUT2D eigenvalue weighted by Gasteiger charge is 2.56. The maximum absolute atomic E-state index is 13.9. The molecule has 3 atom stereocenters. The SMILES string of the molecule is COc1ccc(NC(=O)Cn2c3c(sc2=O)C(c2ccc(O)cc2)C2C(=O)N(c4ccc(Br)cc4)C(=O)C2S3)cc1. The molecule has 1 aromatic heterocycles. The molecule has 6 rings (SSSR count). The van der Waals surface area contributed by atoms with Crippen molar-refractivity contribution >= 4 is 68.1 Å². The van der Waals surface area contributed by atoms with Crippen molar-refractivity contribution in [3.8, 4) is 11.5 Å². The first kappa shape index (κ1) is 27.3. The number of thioether (sulfide) groups is 1. The van der Waals surface area contributed by atoms with Gasteiger partial charge in [0, 0.05) is 21.0 Å². The lowest BCUT2D eigenvalue weighted by molar-refractivity contribution is -0.122. The van der Waals surface area contributed by atoms with Crippen LogP contribution in [0.2, 0.25) is 0 Å². The Labute approximate surface area is 250 Å². The van der Waals surface area contributed by atoms with E-state index in [9.17, 15) is 24.3 Å². The number of benzene rings is 3. The van der Waals surface area contributed by atoms with E-state index in [-0.39, 0.29) is 29.0 Å². The maximum atomic E-state index is 13.9. The zero-order valence-corrected chi connectivity index (χ0v) is 24.7. The van der Waals surface area contributed by atoms with Crippen molar-refractivity contribution in [2.75, 3.05) is 17.3 Å². The quantitative estimate of drug-likeness (QED) is 0.287. The second kappa shape index (κ2) is 10.8. The number of anilines is 2. The summed E-state index contributed by atoms with van der Waals surface area (Å²) in [6.45, 7) is -0.262. The monoisotopic (exact) mass is 651 g/mol. The summed E-state index contributed by atoms with van der Waals surface area (Å²) in [7, 11) is 1.55. The molecule has 0 aliphatic carbocycles. The molecule has 1 saturated heterocycles. The van der Waals surface area contributed by atoms with E-state index in [1.54, 1.807) is 67.8 Å². The van der Waals surface area contributed by atoms with E-state index in [1.165, 1.54) is 21.6 Å². The van der Waals surface area contributed by atoms with Crippen LogP contribution >= 0.6 is 39.0 Å². The molecule has 208 valence electrons. The fourth-order valence-electron chi connectivity index (χ4n) is 5.16. The van der Waals surface area contributed by atoms with Crippen LogP contribution < -0.4 is 19.8 Å². The molecule has 3 amide bonds. The summed E-state index contributed by atoms with van der Waals surface area (Å²) < 4.78 is 7.33. The molecule has 2 aliphatic rings. The number of carbonyl (C=O) groups is 3. The summed E-state index contributed by atoms with van der Waals surface area (Å²) in [5.41, 5.74) is 1.70. The van der Waals surface area contributed by atoms with Crippen molar-refractivity contribution < 1.29 is 24.2 Å². The van der Waals surface area contributed by atoms with Crippen LogP contribution in [0.1, 0.15) is 16.4 Å². The molecule has 41 heavy (non-hydrogen) atoms. The van der Waals surface area contributed by atoms with Crippen molar-refractivity contribution in [2.45, 2.75) is 22.7 Å². The Morgan fingerprint density at radius 2 is 1.66 bits per heavy atom. The Morgan fingerprint density at radius 3 is 2.32 bits per heavy atom. The standard InChI is InChI=1S/C29H22BrN3O6S2/c1-39-20-12-6-17(7-13-20)31-21(35)14-32-28-25(41-29(32)38)22(15-2-10-19(34)11-3-15)23-24(40-28)27(37)33(26(23)36)18-8-4-16(30)5-9-18/h2-13,22-24,34H,14H2,1H3,(H,31,35). The highest BCUT2D eigenvalue weighted by molar-refractivity contribution is 9.10. The van der Waals surface area contributed by atoms with E-state index in [0.29, 0.717) is 32.6 Å². The average Bonchev–Trinajstić information content (AvgIpc) is 3.40. The summed E-state index contributed by atoms with van der Waals surface area (Å²) in [6, 6.07) is 20.2. The number of nitrogens with zero attached hydrogens (tertiary/aromatic N) is 2. The van der Waals surface area contributed by atoms with Gasteiger partial charge >= 0.3 is 4.87 Å². The molecule has 2 aliphatic heterocycles. The number of thiazole rings is 1. The second-order valence-corrected chi connectivity index (χ2v) is 12.6. The van der Waals surface area contributed by atoms with Gasteiger partial charge in [-0.3, -0.25) is 23.7 Å². The molecule has 0 radical (unpaired) electrons. The van der Waals surface area contributed by atoms with Crippen molar-refractivity contribution in [1.29, 1.82) is 0 Å². The second-order valence-electron chi connectivity index (χ2n) is 9.52. The maximum Gasteiger partial charge on any atom is 0.308 e. The van der Waals surface area contributed by atoms with Gasteiger partial charge in [-0.15, -0.1) is 0 Å². The number of amides is 3.